The molecule has 2 heteroatoms. The van der Waals surface area contributed by atoms with E-state index in [-0.39, 0.29) is 0 Å². The molecule has 1 aromatic carbocycles. The second-order valence-electron chi connectivity index (χ2n) is 2.95. The van der Waals surface area contributed by atoms with E-state index in [9.17, 15) is 0 Å². The van der Waals surface area contributed by atoms with Crippen molar-refractivity contribution in [3.8, 4) is 0 Å². The van der Waals surface area contributed by atoms with Crippen molar-refractivity contribution in [3.05, 3.63) is 23.8 Å². The van der Waals surface area contributed by atoms with Crippen LogP contribution in [0.5, 0.6) is 0 Å². The average molecular weight is 181 g/mol. The van der Waals surface area contributed by atoms with Gasteiger partial charge in [-0.15, -0.1) is 12.6 Å². The summed E-state index contributed by atoms with van der Waals surface area (Å²) in [4.78, 5) is 0.892. The second kappa shape index (κ2) is 4.41. The standard InChI is InChI=1S/C10H15NS/c1-2-3-5-8-6-4-7-9(12)10(8)11/h4,6-7,12H,2-3,5,11H2,1H3. The van der Waals surface area contributed by atoms with E-state index in [4.69, 9.17) is 5.73 Å². The number of hydrogen-bond acceptors (Lipinski definition) is 2. The van der Waals surface area contributed by atoms with Crippen LogP contribution in [0.25, 0.3) is 0 Å². The Morgan fingerprint density at radius 1 is 1.42 bits per heavy atom. The minimum absolute atomic E-state index is 0.842. The number of nitrogen functional groups attached to an aromatic ring is 1. The normalized spacial score (nSPS) is 10.2. The molecule has 0 saturated heterocycles. The smallest absolute Gasteiger partial charge is 0.0482 e. The molecule has 2 N–H and O–H groups in total. The fourth-order valence-corrected chi connectivity index (χ4v) is 1.41. The molecule has 0 bridgehead atoms. The number of para-hydroxylation sites is 1. The first-order valence-corrected chi connectivity index (χ1v) is 4.76. The highest BCUT2D eigenvalue weighted by Gasteiger charge is 2.00. The number of unbranched alkanes of at least 4 members (excludes halogenated alkanes) is 1. The zero-order valence-corrected chi connectivity index (χ0v) is 8.27. The van der Waals surface area contributed by atoms with Gasteiger partial charge in [0.2, 0.25) is 0 Å². The largest absolute Gasteiger partial charge is 0.398 e. The Hall–Kier alpha value is -0.630. The van der Waals surface area contributed by atoms with Crippen molar-refractivity contribution in [2.75, 3.05) is 5.73 Å². The van der Waals surface area contributed by atoms with Crippen LogP contribution in [0, 0.1) is 0 Å². The summed E-state index contributed by atoms with van der Waals surface area (Å²) in [6.07, 6.45) is 3.47. The molecule has 0 unspecified atom stereocenters. The SMILES string of the molecule is CCCCc1cccc(S)c1N. The van der Waals surface area contributed by atoms with Gasteiger partial charge in [0, 0.05) is 10.6 Å². The van der Waals surface area contributed by atoms with E-state index in [0.29, 0.717) is 0 Å². The maximum absolute atomic E-state index is 5.85. The van der Waals surface area contributed by atoms with Crippen molar-refractivity contribution >= 4 is 18.3 Å². The maximum atomic E-state index is 5.85. The molecule has 1 rings (SSSR count). The van der Waals surface area contributed by atoms with Gasteiger partial charge in [-0.05, 0) is 24.5 Å². The van der Waals surface area contributed by atoms with Gasteiger partial charge in [-0.3, -0.25) is 0 Å². The number of anilines is 1. The number of nitrogens with two attached hydrogens (primary N) is 1. The van der Waals surface area contributed by atoms with Gasteiger partial charge in [-0.25, -0.2) is 0 Å². The summed E-state index contributed by atoms with van der Waals surface area (Å²) in [6.45, 7) is 2.18. The van der Waals surface area contributed by atoms with Crippen LogP contribution in [0.4, 0.5) is 5.69 Å². The Balaban J connectivity index is 2.78. The Bertz CT molecular complexity index is 258. The van der Waals surface area contributed by atoms with E-state index in [0.717, 1.165) is 17.0 Å². The number of aryl methyl sites for hydroxylation is 1. The molecule has 0 fully saturated rings. The van der Waals surface area contributed by atoms with Crippen LogP contribution in [0.3, 0.4) is 0 Å². The summed E-state index contributed by atoms with van der Waals surface area (Å²) in [6, 6.07) is 6.00. The molecule has 0 aliphatic heterocycles. The number of rotatable bonds is 3. The Morgan fingerprint density at radius 3 is 2.83 bits per heavy atom. The summed E-state index contributed by atoms with van der Waals surface area (Å²) >= 11 is 4.26. The fourth-order valence-electron chi connectivity index (χ4n) is 1.18. The van der Waals surface area contributed by atoms with Crippen LogP contribution < -0.4 is 5.73 Å². The molecule has 1 nitrogen and oxygen atoms in total. The quantitative estimate of drug-likeness (QED) is 0.544. The molecule has 0 radical (unpaired) electrons. The lowest BCUT2D eigenvalue weighted by Gasteiger charge is -2.06. The highest BCUT2D eigenvalue weighted by atomic mass is 32.1. The molecule has 1 aromatic rings. The summed E-state index contributed by atoms with van der Waals surface area (Å²) < 4.78 is 0. The lowest BCUT2D eigenvalue weighted by atomic mass is 10.1. The highest BCUT2D eigenvalue weighted by molar-refractivity contribution is 7.80. The molecule has 0 aliphatic rings. The van der Waals surface area contributed by atoms with Crippen molar-refractivity contribution in [1.29, 1.82) is 0 Å². The van der Waals surface area contributed by atoms with E-state index in [2.05, 4.69) is 25.6 Å². The molecular weight excluding hydrogens is 166 g/mol. The molecule has 0 spiro atoms. The van der Waals surface area contributed by atoms with E-state index in [1.165, 1.54) is 18.4 Å². The third-order valence-corrected chi connectivity index (χ3v) is 2.36. The topological polar surface area (TPSA) is 26.0 Å². The molecule has 0 saturated carbocycles. The van der Waals surface area contributed by atoms with Crippen LogP contribution in [0.2, 0.25) is 0 Å². The van der Waals surface area contributed by atoms with Crippen LogP contribution in [-0.2, 0) is 6.42 Å². The molecule has 12 heavy (non-hydrogen) atoms. The van der Waals surface area contributed by atoms with Crippen molar-refractivity contribution in [2.45, 2.75) is 31.1 Å². The molecule has 0 atom stereocenters. The first-order valence-electron chi connectivity index (χ1n) is 4.32. The van der Waals surface area contributed by atoms with Crippen molar-refractivity contribution in [2.24, 2.45) is 0 Å². The average Bonchev–Trinajstić information content (AvgIpc) is 2.08. The summed E-state index contributed by atoms with van der Waals surface area (Å²) in [5.74, 6) is 0. The van der Waals surface area contributed by atoms with Crippen molar-refractivity contribution in [1.82, 2.24) is 0 Å². The van der Waals surface area contributed by atoms with Gasteiger partial charge in [0.05, 0.1) is 0 Å². The van der Waals surface area contributed by atoms with Gasteiger partial charge >= 0.3 is 0 Å². The summed E-state index contributed by atoms with van der Waals surface area (Å²) in [5.41, 5.74) is 7.92. The fraction of sp³-hybridized carbons (Fsp3) is 0.400. The van der Waals surface area contributed by atoms with E-state index < -0.39 is 0 Å². The van der Waals surface area contributed by atoms with Crippen LogP contribution in [0.15, 0.2) is 23.1 Å². The third kappa shape index (κ3) is 2.18. The minimum Gasteiger partial charge on any atom is -0.398 e. The molecule has 0 heterocycles. The predicted molar refractivity (Wildman–Crippen MR) is 56.7 cm³/mol. The van der Waals surface area contributed by atoms with Crippen molar-refractivity contribution in [3.63, 3.8) is 0 Å². The molecule has 0 aliphatic carbocycles. The van der Waals surface area contributed by atoms with E-state index in [1.54, 1.807) is 0 Å². The lowest BCUT2D eigenvalue weighted by molar-refractivity contribution is 0.795. The monoisotopic (exact) mass is 181 g/mol. The lowest BCUT2D eigenvalue weighted by Crippen LogP contribution is -1.95. The highest BCUT2D eigenvalue weighted by Crippen LogP contribution is 2.21. The van der Waals surface area contributed by atoms with Gasteiger partial charge < -0.3 is 5.73 Å². The van der Waals surface area contributed by atoms with Crippen LogP contribution in [-0.4, -0.2) is 0 Å². The Kier molecular flexibility index (Phi) is 3.48. The zero-order chi connectivity index (χ0) is 8.97. The Morgan fingerprint density at radius 2 is 2.17 bits per heavy atom. The van der Waals surface area contributed by atoms with Gasteiger partial charge in [-0.2, -0.15) is 0 Å². The number of thiol groups is 1. The first kappa shape index (κ1) is 9.46. The third-order valence-electron chi connectivity index (χ3n) is 1.97. The predicted octanol–water partition coefficient (Wildman–Crippen LogP) is 2.90. The van der Waals surface area contributed by atoms with Gasteiger partial charge in [0.1, 0.15) is 0 Å². The molecule has 0 amide bonds. The molecule has 66 valence electrons. The number of benzene rings is 1. The minimum atomic E-state index is 0.842. The van der Waals surface area contributed by atoms with Gasteiger partial charge in [-0.1, -0.05) is 25.5 Å². The zero-order valence-electron chi connectivity index (χ0n) is 7.38. The summed E-state index contributed by atoms with van der Waals surface area (Å²) in [5, 5.41) is 0. The molecule has 0 aromatic heterocycles. The van der Waals surface area contributed by atoms with Gasteiger partial charge in [0.25, 0.3) is 0 Å². The molecular formula is C10H15NS. The van der Waals surface area contributed by atoms with E-state index >= 15 is 0 Å². The Labute approximate surface area is 79.4 Å². The van der Waals surface area contributed by atoms with Crippen LogP contribution >= 0.6 is 12.6 Å². The first-order chi connectivity index (χ1) is 5.75. The summed E-state index contributed by atoms with van der Waals surface area (Å²) in [7, 11) is 0. The number of hydrogen-bond donors (Lipinski definition) is 2. The van der Waals surface area contributed by atoms with Crippen LogP contribution in [0.1, 0.15) is 25.3 Å². The van der Waals surface area contributed by atoms with Gasteiger partial charge in [0.15, 0.2) is 0 Å². The maximum Gasteiger partial charge on any atom is 0.0482 e. The second-order valence-corrected chi connectivity index (χ2v) is 3.44. The van der Waals surface area contributed by atoms with E-state index in [1.807, 2.05) is 12.1 Å². The van der Waals surface area contributed by atoms with Crippen molar-refractivity contribution < 1.29 is 0 Å².